The van der Waals surface area contributed by atoms with E-state index in [9.17, 15) is 9.59 Å². The molecule has 0 aromatic heterocycles. The molecule has 1 aliphatic rings. The highest BCUT2D eigenvalue weighted by molar-refractivity contribution is 6.10. The van der Waals surface area contributed by atoms with Crippen molar-refractivity contribution in [1.82, 2.24) is 0 Å². The number of amides is 2. The molecule has 142 valence electrons. The predicted octanol–water partition coefficient (Wildman–Crippen LogP) is 3.85. The Kier molecular flexibility index (Phi) is 6.44. The summed E-state index contributed by atoms with van der Waals surface area (Å²) in [5.74, 6) is 0.244. The monoisotopic (exact) mass is 368 g/mol. The summed E-state index contributed by atoms with van der Waals surface area (Å²) in [5.41, 5.74) is 1.53. The molecule has 1 fully saturated rings. The third-order valence-electron chi connectivity index (χ3n) is 4.49. The maximum Gasteiger partial charge on any atom is 0.257 e. The van der Waals surface area contributed by atoms with Gasteiger partial charge in [-0.3, -0.25) is 9.59 Å². The van der Waals surface area contributed by atoms with Crippen LogP contribution in [0.15, 0.2) is 48.5 Å². The summed E-state index contributed by atoms with van der Waals surface area (Å²) in [6, 6.07) is 14.1. The van der Waals surface area contributed by atoms with Crippen molar-refractivity contribution < 1.29 is 19.1 Å². The van der Waals surface area contributed by atoms with Crippen LogP contribution in [0.3, 0.4) is 0 Å². The van der Waals surface area contributed by atoms with Crippen molar-refractivity contribution in [2.75, 3.05) is 24.4 Å². The fraction of sp³-hybridized carbons (Fsp3) is 0.333. The smallest absolute Gasteiger partial charge is 0.257 e. The fourth-order valence-electron chi connectivity index (χ4n) is 3.07. The van der Waals surface area contributed by atoms with Gasteiger partial charge in [-0.05, 0) is 43.5 Å². The molecule has 6 nitrogen and oxygen atoms in total. The van der Waals surface area contributed by atoms with Crippen LogP contribution in [0.25, 0.3) is 0 Å². The number of methoxy groups -OCH3 is 1. The summed E-state index contributed by atoms with van der Waals surface area (Å²) in [4.78, 5) is 24.9. The molecular weight excluding hydrogens is 344 g/mol. The molecule has 6 heteroatoms. The summed E-state index contributed by atoms with van der Waals surface area (Å²) < 4.78 is 10.7. The van der Waals surface area contributed by atoms with E-state index in [1.165, 1.54) is 0 Å². The van der Waals surface area contributed by atoms with Crippen LogP contribution in [-0.2, 0) is 9.53 Å². The van der Waals surface area contributed by atoms with Crippen molar-refractivity contribution >= 4 is 23.2 Å². The molecule has 0 saturated carbocycles. The fourth-order valence-corrected chi connectivity index (χ4v) is 3.07. The zero-order chi connectivity index (χ0) is 19.1. The van der Waals surface area contributed by atoms with E-state index in [0.717, 1.165) is 19.4 Å². The van der Waals surface area contributed by atoms with Crippen molar-refractivity contribution in [3.05, 3.63) is 54.1 Å². The van der Waals surface area contributed by atoms with E-state index in [4.69, 9.17) is 9.47 Å². The van der Waals surface area contributed by atoms with Crippen molar-refractivity contribution in [1.29, 1.82) is 0 Å². The second kappa shape index (κ2) is 9.19. The molecule has 1 unspecified atom stereocenters. The van der Waals surface area contributed by atoms with Gasteiger partial charge >= 0.3 is 0 Å². The average molecular weight is 368 g/mol. The number of nitrogens with one attached hydrogen (secondary N) is 2. The molecule has 1 heterocycles. The molecule has 0 bridgehead atoms. The van der Waals surface area contributed by atoms with Gasteiger partial charge in [-0.25, -0.2) is 0 Å². The molecule has 2 N–H and O–H groups in total. The number of anilines is 2. The number of para-hydroxylation sites is 1. The van der Waals surface area contributed by atoms with Gasteiger partial charge in [0.15, 0.2) is 0 Å². The van der Waals surface area contributed by atoms with E-state index < -0.39 is 0 Å². The molecule has 2 aromatic carbocycles. The van der Waals surface area contributed by atoms with E-state index >= 15 is 0 Å². The largest absolute Gasteiger partial charge is 0.497 e. The van der Waals surface area contributed by atoms with Crippen LogP contribution in [0.1, 0.15) is 36.0 Å². The zero-order valence-corrected chi connectivity index (χ0v) is 15.4. The molecule has 1 aliphatic heterocycles. The third-order valence-corrected chi connectivity index (χ3v) is 4.49. The lowest BCUT2D eigenvalue weighted by Gasteiger charge is -2.13. The Bertz CT molecular complexity index is 800. The Balaban J connectivity index is 1.63. The second-order valence-electron chi connectivity index (χ2n) is 6.45. The van der Waals surface area contributed by atoms with Gasteiger partial charge < -0.3 is 20.1 Å². The van der Waals surface area contributed by atoms with Crippen molar-refractivity contribution in [2.24, 2.45) is 0 Å². The van der Waals surface area contributed by atoms with Gasteiger partial charge in [-0.15, -0.1) is 0 Å². The minimum Gasteiger partial charge on any atom is -0.497 e. The molecule has 1 saturated heterocycles. The minimum atomic E-state index is -0.293. The highest BCUT2D eigenvalue weighted by Gasteiger charge is 2.18. The number of carbonyl (C=O) groups excluding carboxylic acids is 2. The third kappa shape index (κ3) is 5.31. The van der Waals surface area contributed by atoms with Crippen LogP contribution in [0.2, 0.25) is 0 Å². The Morgan fingerprint density at radius 3 is 2.78 bits per heavy atom. The number of carbonyl (C=O) groups is 2. The standard InChI is InChI=1S/C21H24N2O4/c1-26-17-7-4-6-15(14-17)22-21(25)18-9-2-3-10-19(18)23-20(24)12-11-16-8-5-13-27-16/h2-4,6-7,9-10,14,16H,5,8,11-13H2,1H3,(H,22,25)(H,23,24). The van der Waals surface area contributed by atoms with Crippen molar-refractivity contribution in [3.8, 4) is 5.75 Å². The topological polar surface area (TPSA) is 76.7 Å². The van der Waals surface area contributed by atoms with E-state index in [1.54, 1.807) is 55.6 Å². The minimum absolute atomic E-state index is 0.118. The van der Waals surface area contributed by atoms with Crippen LogP contribution >= 0.6 is 0 Å². The lowest BCUT2D eigenvalue weighted by Crippen LogP contribution is -2.19. The number of ether oxygens (including phenoxy) is 2. The second-order valence-corrected chi connectivity index (χ2v) is 6.45. The summed E-state index contributed by atoms with van der Waals surface area (Å²) >= 11 is 0. The summed E-state index contributed by atoms with van der Waals surface area (Å²) in [6.07, 6.45) is 3.30. The summed E-state index contributed by atoms with van der Waals surface area (Å²) in [6.45, 7) is 0.777. The molecule has 0 spiro atoms. The van der Waals surface area contributed by atoms with Gasteiger partial charge in [0.05, 0.1) is 24.5 Å². The van der Waals surface area contributed by atoms with E-state index in [1.807, 2.05) is 0 Å². The molecule has 2 amide bonds. The molecule has 27 heavy (non-hydrogen) atoms. The first-order chi connectivity index (χ1) is 13.2. The Labute approximate surface area is 158 Å². The van der Waals surface area contributed by atoms with E-state index in [0.29, 0.717) is 35.5 Å². The Hall–Kier alpha value is -2.86. The number of hydrogen-bond acceptors (Lipinski definition) is 4. The van der Waals surface area contributed by atoms with Crippen LogP contribution in [0.4, 0.5) is 11.4 Å². The Morgan fingerprint density at radius 2 is 2.00 bits per heavy atom. The highest BCUT2D eigenvalue weighted by Crippen LogP contribution is 2.21. The lowest BCUT2D eigenvalue weighted by atomic mass is 10.1. The normalized spacial score (nSPS) is 16.0. The van der Waals surface area contributed by atoms with Gasteiger partial charge in [-0.2, -0.15) is 0 Å². The number of rotatable bonds is 7. The lowest BCUT2D eigenvalue weighted by molar-refractivity contribution is -0.116. The number of benzene rings is 2. The maximum absolute atomic E-state index is 12.7. The highest BCUT2D eigenvalue weighted by atomic mass is 16.5. The van der Waals surface area contributed by atoms with Gasteiger partial charge in [0, 0.05) is 24.8 Å². The molecular formula is C21H24N2O4. The molecule has 1 atom stereocenters. The molecule has 0 aliphatic carbocycles. The first-order valence-corrected chi connectivity index (χ1v) is 9.11. The van der Waals surface area contributed by atoms with Gasteiger partial charge in [-0.1, -0.05) is 18.2 Å². The molecule has 2 aromatic rings. The van der Waals surface area contributed by atoms with Crippen LogP contribution in [-0.4, -0.2) is 31.6 Å². The van der Waals surface area contributed by atoms with E-state index in [2.05, 4.69) is 10.6 Å². The number of hydrogen-bond donors (Lipinski definition) is 2. The predicted molar refractivity (Wildman–Crippen MR) is 104 cm³/mol. The van der Waals surface area contributed by atoms with Gasteiger partial charge in [0.1, 0.15) is 5.75 Å². The van der Waals surface area contributed by atoms with Gasteiger partial charge in [0.25, 0.3) is 5.91 Å². The van der Waals surface area contributed by atoms with E-state index in [-0.39, 0.29) is 17.9 Å². The first-order valence-electron chi connectivity index (χ1n) is 9.11. The van der Waals surface area contributed by atoms with Crippen molar-refractivity contribution in [3.63, 3.8) is 0 Å². The summed E-state index contributed by atoms with van der Waals surface area (Å²) in [7, 11) is 1.57. The molecule has 0 radical (unpaired) electrons. The van der Waals surface area contributed by atoms with Crippen LogP contribution in [0, 0.1) is 0 Å². The average Bonchev–Trinajstić information content (AvgIpc) is 3.20. The quantitative estimate of drug-likeness (QED) is 0.778. The van der Waals surface area contributed by atoms with Crippen LogP contribution < -0.4 is 15.4 Å². The summed E-state index contributed by atoms with van der Waals surface area (Å²) in [5, 5.41) is 5.68. The SMILES string of the molecule is COc1cccc(NC(=O)c2ccccc2NC(=O)CCC2CCCO2)c1. The first kappa shape index (κ1) is 18.9. The van der Waals surface area contributed by atoms with Gasteiger partial charge in [0.2, 0.25) is 5.91 Å². The van der Waals surface area contributed by atoms with Crippen LogP contribution in [0.5, 0.6) is 5.75 Å². The Morgan fingerprint density at radius 1 is 1.15 bits per heavy atom. The molecule has 3 rings (SSSR count). The zero-order valence-electron chi connectivity index (χ0n) is 15.4. The maximum atomic E-state index is 12.7. The van der Waals surface area contributed by atoms with Crippen molar-refractivity contribution in [2.45, 2.75) is 31.8 Å².